The van der Waals surface area contributed by atoms with Crippen molar-refractivity contribution in [2.24, 2.45) is 0 Å². The fraction of sp³-hybridized carbons (Fsp3) is 0.158. The maximum Gasteiger partial charge on any atom is 0.241 e. The maximum atomic E-state index is 12.3. The molecule has 0 saturated heterocycles. The van der Waals surface area contributed by atoms with E-state index >= 15 is 0 Å². The summed E-state index contributed by atoms with van der Waals surface area (Å²) in [6.07, 6.45) is 0. The summed E-state index contributed by atoms with van der Waals surface area (Å²) in [7, 11) is -3.67. The predicted molar refractivity (Wildman–Crippen MR) is 104 cm³/mol. The SMILES string of the molecule is Cc1ccc(-c2csc(NC(=O)CS(=O)(=O)c3ccccc3)n2)cc1C. The molecule has 0 atom stereocenters. The van der Waals surface area contributed by atoms with E-state index in [1.165, 1.54) is 29.0 Å². The minimum absolute atomic E-state index is 0.130. The van der Waals surface area contributed by atoms with Gasteiger partial charge in [0.15, 0.2) is 15.0 Å². The van der Waals surface area contributed by atoms with Crippen molar-refractivity contribution in [3.05, 3.63) is 65.0 Å². The summed E-state index contributed by atoms with van der Waals surface area (Å²) in [5.41, 5.74) is 4.07. The number of sulfone groups is 1. The molecular weight excluding hydrogens is 368 g/mol. The lowest BCUT2D eigenvalue weighted by Gasteiger charge is -2.04. The van der Waals surface area contributed by atoms with Crippen molar-refractivity contribution in [3.63, 3.8) is 0 Å². The molecule has 0 radical (unpaired) electrons. The van der Waals surface area contributed by atoms with Gasteiger partial charge in [-0.25, -0.2) is 13.4 Å². The Morgan fingerprint density at radius 1 is 1.08 bits per heavy atom. The molecule has 0 aliphatic rings. The lowest BCUT2D eigenvalue weighted by Crippen LogP contribution is -2.22. The molecule has 2 aromatic carbocycles. The van der Waals surface area contributed by atoms with Crippen LogP contribution in [0.3, 0.4) is 0 Å². The second-order valence-corrected chi connectivity index (χ2v) is 8.80. The van der Waals surface area contributed by atoms with Gasteiger partial charge in [-0.15, -0.1) is 11.3 Å². The van der Waals surface area contributed by atoms with Crippen LogP contribution in [-0.4, -0.2) is 25.1 Å². The zero-order chi connectivity index (χ0) is 18.7. The molecule has 3 aromatic rings. The molecule has 3 rings (SSSR count). The van der Waals surface area contributed by atoms with Crippen LogP contribution in [0.4, 0.5) is 5.13 Å². The Morgan fingerprint density at radius 3 is 2.50 bits per heavy atom. The zero-order valence-electron chi connectivity index (χ0n) is 14.4. The first-order chi connectivity index (χ1) is 12.3. The summed E-state index contributed by atoms with van der Waals surface area (Å²) in [5.74, 6) is -1.22. The Bertz CT molecular complexity index is 1040. The fourth-order valence-corrected chi connectivity index (χ4v) is 4.30. The number of carbonyl (C=O) groups excluding carboxylic acids is 1. The summed E-state index contributed by atoms with van der Waals surface area (Å²) in [5, 5.41) is 4.79. The number of carbonyl (C=O) groups is 1. The normalized spacial score (nSPS) is 11.3. The van der Waals surface area contributed by atoms with Crippen molar-refractivity contribution >= 4 is 32.2 Å². The van der Waals surface area contributed by atoms with Gasteiger partial charge in [0.2, 0.25) is 5.91 Å². The van der Waals surface area contributed by atoms with Crippen molar-refractivity contribution in [1.82, 2.24) is 4.98 Å². The third-order valence-corrected chi connectivity index (χ3v) is 6.37. The average Bonchev–Trinajstić information content (AvgIpc) is 3.06. The first-order valence-electron chi connectivity index (χ1n) is 7.96. The van der Waals surface area contributed by atoms with Crippen molar-refractivity contribution < 1.29 is 13.2 Å². The quantitative estimate of drug-likeness (QED) is 0.723. The van der Waals surface area contributed by atoms with Gasteiger partial charge in [-0.05, 0) is 43.2 Å². The number of hydrogen-bond acceptors (Lipinski definition) is 5. The highest BCUT2D eigenvalue weighted by Gasteiger charge is 2.20. The van der Waals surface area contributed by atoms with Crippen LogP contribution in [0.15, 0.2) is 58.8 Å². The summed E-state index contributed by atoms with van der Waals surface area (Å²) >= 11 is 1.27. The molecule has 7 heteroatoms. The topological polar surface area (TPSA) is 76.1 Å². The summed E-state index contributed by atoms with van der Waals surface area (Å²) in [4.78, 5) is 16.6. The molecule has 0 unspecified atom stereocenters. The number of anilines is 1. The van der Waals surface area contributed by atoms with Crippen molar-refractivity contribution in [1.29, 1.82) is 0 Å². The summed E-state index contributed by atoms with van der Waals surface area (Å²) < 4.78 is 24.5. The molecule has 0 bridgehead atoms. The number of aryl methyl sites for hydroxylation is 2. The van der Waals surface area contributed by atoms with Gasteiger partial charge < -0.3 is 5.32 Å². The van der Waals surface area contributed by atoms with E-state index in [-0.39, 0.29) is 4.90 Å². The number of amides is 1. The molecule has 134 valence electrons. The lowest BCUT2D eigenvalue weighted by molar-refractivity contribution is -0.113. The van der Waals surface area contributed by atoms with Crippen LogP contribution in [0.2, 0.25) is 0 Å². The molecule has 1 aromatic heterocycles. The van der Waals surface area contributed by atoms with Gasteiger partial charge >= 0.3 is 0 Å². The highest BCUT2D eigenvalue weighted by molar-refractivity contribution is 7.92. The molecule has 26 heavy (non-hydrogen) atoms. The smallest absolute Gasteiger partial charge is 0.241 e. The second-order valence-electron chi connectivity index (χ2n) is 5.96. The second kappa shape index (κ2) is 7.39. The van der Waals surface area contributed by atoms with E-state index in [1.807, 2.05) is 37.4 Å². The molecule has 1 heterocycles. The third kappa shape index (κ3) is 4.17. The van der Waals surface area contributed by atoms with E-state index in [1.54, 1.807) is 18.2 Å². The van der Waals surface area contributed by atoms with Crippen LogP contribution >= 0.6 is 11.3 Å². The van der Waals surface area contributed by atoms with Crippen LogP contribution < -0.4 is 5.32 Å². The number of thiazole rings is 1. The van der Waals surface area contributed by atoms with Gasteiger partial charge in [-0.3, -0.25) is 4.79 Å². The van der Waals surface area contributed by atoms with Gasteiger partial charge in [0, 0.05) is 10.9 Å². The standard InChI is InChI=1S/C19H18N2O3S2/c1-13-8-9-15(10-14(13)2)17-11-25-19(20-17)21-18(22)12-26(23,24)16-6-4-3-5-7-16/h3-11H,12H2,1-2H3,(H,20,21,22). The number of nitrogens with one attached hydrogen (secondary N) is 1. The van der Waals surface area contributed by atoms with Crippen LogP contribution in [0.1, 0.15) is 11.1 Å². The number of nitrogens with zero attached hydrogens (tertiary/aromatic N) is 1. The molecule has 1 amide bonds. The molecular formula is C19H18N2O3S2. The fourth-order valence-electron chi connectivity index (χ4n) is 2.40. The van der Waals surface area contributed by atoms with Crippen LogP contribution in [0, 0.1) is 13.8 Å². The number of benzene rings is 2. The van der Waals surface area contributed by atoms with Crippen LogP contribution in [0.5, 0.6) is 0 Å². The molecule has 0 saturated carbocycles. The minimum Gasteiger partial charge on any atom is -0.301 e. The Balaban J connectivity index is 1.71. The van der Waals surface area contributed by atoms with Crippen molar-refractivity contribution in [2.75, 3.05) is 11.1 Å². The zero-order valence-corrected chi connectivity index (χ0v) is 16.0. The van der Waals surface area contributed by atoms with E-state index in [4.69, 9.17) is 0 Å². The third-order valence-electron chi connectivity index (χ3n) is 3.98. The van der Waals surface area contributed by atoms with Gasteiger partial charge in [0.05, 0.1) is 10.6 Å². The largest absolute Gasteiger partial charge is 0.301 e. The van der Waals surface area contributed by atoms with E-state index in [9.17, 15) is 13.2 Å². The lowest BCUT2D eigenvalue weighted by atomic mass is 10.1. The summed E-state index contributed by atoms with van der Waals surface area (Å²) in [6.45, 7) is 4.07. The molecule has 0 fully saturated rings. The minimum atomic E-state index is -3.67. The van der Waals surface area contributed by atoms with Crippen LogP contribution in [-0.2, 0) is 14.6 Å². The number of aromatic nitrogens is 1. The van der Waals surface area contributed by atoms with Crippen LogP contribution in [0.25, 0.3) is 11.3 Å². The monoisotopic (exact) mass is 386 g/mol. The number of rotatable bonds is 5. The first-order valence-corrected chi connectivity index (χ1v) is 10.5. The molecule has 5 nitrogen and oxygen atoms in total. The predicted octanol–water partition coefficient (Wildman–Crippen LogP) is 3.84. The highest BCUT2D eigenvalue weighted by Crippen LogP contribution is 2.26. The van der Waals surface area contributed by atoms with Gasteiger partial charge in [0.1, 0.15) is 5.75 Å². The van der Waals surface area contributed by atoms with E-state index in [2.05, 4.69) is 10.3 Å². The molecule has 0 aliphatic heterocycles. The molecule has 0 spiro atoms. The van der Waals surface area contributed by atoms with Crippen molar-refractivity contribution in [3.8, 4) is 11.3 Å². The van der Waals surface area contributed by atoms with Gasteiger partial charge in [-0.1, -0.05) is 30.3 Å². The van der Waals surface area contributed by atoms with Gasteiger partial charge in [-0.2, -0.15) is 0 Å². The first kappa shape index (κ1) is 18.3. The summed E-state index contributed by atoms with van der Waals surface area (Å²) in [6, 6.07) is 14.0. The van der Waals surface area contributed by atoms with Gasteiger partial charge in [0.25, 0.3) is 0 Å². The Morgan fingerprint density at radius 2 is 1.81 bits per heavy atom. The van der Waals surface area contributed by atoms with E-state index in [0.29, 0.717) is 5.13 Å². The van der Waals surface area contributed by atoms with E-state index < -0.39 is 21.5 Å². The maximum absolute atomic E-state index is 12.3. The van der Waals surface area contributed by atoms with Crippen molar-refractivity contribution in [2.45, 2.75) is 18.7 Å². The Kier molecular flexibility index (Phi) is 5.20. The van der Waals surface area contributed by atoms with E-state index in [0.717, 1.165) is 16.8 Å². The average molecular weight is 386 g/mol. The Labute approximate surface area is 156 Å². The Hall–Kier alpha value is -2.51. The highest BCUT2D eigenvalue weighted by atomic mass is 32.2. The molecule has 1 N–H and O–H groups in total. The molecule has 0 aliphatic carbocycles. The number of hydrogen-bond donors (Lipinski definition) is 1.